The molecule has 296 valence electrons. The fraction of sp³-hybridized carbons (Fsp3) is 0.0980. The first-order valence-electron chi connectivity index (χ1n) is 19.3. The molecule has 60 heavy (non-hydrogen) atoms. The smallest absolute Gasteiger partial charge is 0.311 e. The minimum absolute atomic E-state index is 0. The Bertz CT molecular complexity index is 2680. The predicted octanol–water partition coefficient (Wildman–Crippen LogP) is 13.0. The van der Waals surface area contributed by atoms with Gasteiger partial charge < -0.3 is 19.8 Å². The van der Waals surface area contributed by atoms with Gasteiger partial charge in [-0.1, -0.05) is 108 Å². The summed E-state index contributed by atoms with van der Waals surface area (Å²) in [5, 5.41) is 0. The molecular weight excluding hydrogens is 940 g/mol. The van der Waals surface area contributed by atoms with Crippen LogP contribution in [0.2, 0.25) is 0 Å². The molecule has 0 amide bonds. The summed E-state index contributed by atoms with van der Waals surface area (Å²) < 4.78 is 60.1. The number of rotatable bonds is 6. The Morgan fingerprint density at radius 3 is 1.15 bits per heavy atom. The summed E-state index contributed by atoms with van der Waals surface area (Å²) >= 11 is 0. The molecule has 10 rings (SSSR count). The Kier molecular flexibility index (Phi) is 10.00. The van der Waals surface area contributed by atoms with Gasteiger partial charge in [-0.3, -0.25) is 17.6 Å². The van der Waals surface area contributed by atoms with Gasteiger partial charge in [0.25, 0.3) is 0 Å². The molecule has 0 atom stereocenters. The average molecular weight is 974 g/mol. The van der Waals surface area contributed by atoms with Crippen molar-refractivity contribution in [3.05, 3.63) is 215 Å². The quantitative estimate of drug-likeness (QED) is 0.123. The summed E-state index contributed by atoms with van der Waals surface area (Å²) in [6, 6.07) is 49.6. The van der Waals surface area contributed by atoms with Crippen LogP contribution in [0.4, 0.5) is 51.7 Å². The van der Waals surface area contributed by atoms with E-state index in [1.165, 1.54) is 0 Å². The second-order valence-corrected chi connectivity index (χ2v) is 15.4. The number of hydrogen-bond donors (Lipinski definition) is 0. The molecule has 0 N–H and O–H groups in total. The summed E-state index contributed by atoms with van der Waals surface area (Å²) in [7, 11) is 0. The first-order valence-corrected chi connectivity index (χ1v) is 19.3. The maximum Gasteiger partial charge on any atom is 2.00 e. The molecule has 0 fully saturated rings. The van der Waals surface area contributed by atoms with Crippen LogP contribution in [0, 0.1) is 35.4 Å². The number of pyridine rings is 2. The van der Waals surface area contributed by atoms with E-state index in [0.717, 1.165) is 82.1 Å². The third-order valence-electron chi connectivity index (χ3n) is 11.3. The number of para-hydroxylation sites is 4. The van der Waals surface area contributed by atoms with Crippen molar-refractivity contribution >= 4 is 34.1 Å². The van der Waals surface area contributed by atoms with Crippen LogP contribution < -0.4 is 9.80 Å². The van der Waals surface area contributed by atoms with E-state index in [2.05, 4.69) is 70.5 Å². The molecule has 0 aliphatic carbocycles. The molecule has 9 heteroatoms. The van der Waals surface area contributed by atoms with Gasteiger partial charge in [-0.2, -0.15) is 0 Å². The SMILES string of the molecule is CC(C)(c1cc(N2c3ccccc3Cc3ccccc32)cc(-c2[c-]cc(F)cc2F)n1)c1cc(N2c3ccccc3Cc3ccccc32)cc(-c2[c-]cc(F)cc2F)n1.[Pt+2]. The maximum atomic E-state index is 15.7. The van der Waals surface area contributed by atoms with Crippen molar-refractivity contribution in [2.75, 3.05) is 9.80 Å². The number of aromatic nitrogens is 2. The van der Waals surface area contributed by atoms with E-state index in [0.29, 0.717) is 22.8 Å². The Morgan fingerprint density at radius 1 is 0.483 bits per heavy atom. The monoisotopic (exact) mass is 973 g/mol. The van der Waals surface area contributed by atoms with Crippen molar-refractivity contribution in [3.63, 3.8) is 0 Å². The van der Waals surface area contributed by atoms with Gasteiger partial charge in [0.05, 0.1) is 0 Å². The predicted molar refractivity (Wildman–Crippen MR) is 224 cm³/mol. The minimum atomic E-state index is -1.04. The van der Waals surface area contributed by atoms with Gasteiger partial charge in [0.2, 0.25) is 0 Å². The van der Waals surface area contributed by atoms with Crippen LogP contribution >= 0.6 is 0 Å². The Labute approximate surface area is 360 Å². The number of fused-ring (bicyclic) bond motifs is 4. The van der Waals surface area contributed by atoms with Crippen LogP contribution in [0.5, 0.6) is 0 Å². The van der Waals surface area contributed by atoms with E-state index >= 15 is 8.78 Å². The average Bonchev–Trinajstić information content (AvgIpc) is 3.24. The summed E-state index contributed by atoms with van der Waals surface area (Å²) in [4.78, 5) is 14.5. The number of nitrogens with zero attached hydrogens (tertiary/aromatic N) is 4. The number of benzene rings is 6. The molecule has 0 unspecified atom stereocenters. The summed E-state index contributed by atoms with van der Waals surface area (Å²) in [5.41, 5.74) is 10.2. The Hall–Kier alpha value is -6.37. The summed E-state index contributed by atoms with van der Waals surface area (Å²) in [6.45, 7) is 3.93. The zero-order valence-corrected chi connectivity index (χ0v) is 34.7. The zero-order valence-electron chi connectivity index (χ0n) is 32.4. The van der Waals surface area contributed by atoms with Crippen molar-refractivity contribution in [1.82, 2.24) is 9.97 Å². The van der Waals surface area contributed by atoms with Crippen molar-refractivity contribution < 1.29 is 38.6 Å². The van der Waals surface area contributed by atoms with Crippen LogP contribution in [-0.2, 0) is 39.3 Å². The molecule has 0 bridgehead atoms. The second-order valence-electron chi connectivity index (χ2n) is 15.4. The third kappa shape index (κ3) is 6.79. The third-order valence-corrected chi connectivity index (χ3v) is 11.3. The van der Waals surface area contributed by atoms with Crippen molar-refractivity contribution in [1.29, 1.82) is 0 Å². The van der Waals surface area contributed by atoms with Gasteiger partial charge in [-0.05, 0) is 83.9 Å². The Morgan fingerprint density at radius 2 is 0.817 bits per heavy atom. The van der Waals surface area contributed by atoms with Crippen LogP contribution in [0.1, 0.15) is 47.5 Å². The summed E-state index contributed by atoms with van der Waals surface area (Å²) in [5.74, 6) is -3.10. The van der Waals surface area contributed by atoms with Crippen LogP contribution in [0.25, 0.3) is 22.5 Å². The molecule has 4 heterocycles. The summed E-state index contributed by atoms with van der Waals surface area (Å²) in [6.07, 6.45) is 1.47. The van der Waals surface area contributed by atoms with Crippen molar-refractivity contribution in [2.45, 2.75) is 32.1 Å². The number of halogens is 4. The van der Waals surface area contributed by atoms with E-state index in [4.69, 9.17) is 9.97 Å². The van der Waals surface area contributed by atoms with E-state index in [1.807, 2.05) is 74.5 Å². The van der Waals surface area contributed by atoms with Crippen LogP contribution in [0.3, 0.4) is 0 Å². The standard InChI is InChI=1S/C51H34F4N4.Pt/c1-51(2,49-29-37(27-43(56-49)39-21-19-35(52)25-41(39)54)58-45-15-7-3-11-31(45)23-32-12-4-8-16-46(32)58)50-30-38(28-44(57-50)40-22-20-36(53)26-42(40)55)59-47-17-9-5-13-33(47)24-34-14-6-10-18-48(34)59;/h3-20,25-30H,23-24H2,1-2H3;/q-2;+2. The van der Waals surface area contributed by atoms with Gasteiger partial charge >= 0.3 is 21.1 Å². The van der Waals surface area contributed by atoms with E-state index in [-0.39, 0.29) is 43.6 Å². The molecule has 0 saturated heterocycles. The molecule has 4 nitrogen and oxygen atoms in total. The first kappa shape index (κ1) is 39.1. The fourth-order valence-electron chi connectivity index (χ4n) is 8.34. The van der Waals surface area contributed by atoms with E-state index in [1.54, 1.807) is 12.1 Å². The van der Waals surface area contributed by atoms with E-state index in [9.17, 15) is 8.78 Å². The molecule has 0 saturated carbocycles. The molecule has 6 aromatic carbocycles. The minimum Gasteiger partial charge on any atom is -0.311 e. The second kappa shape index (κ2) is 15.3. The molecule has 2 aliphatic heterocycles. The Balaban J connectivity index is 0.00000462. The largest absolute Gasteiger partial charge is 2.00 e. The van der Waals surface area contributed by atoms with Crippen LogP contribution in [0.15, 0.2) is 146 Å². The number of hydrogen-bond acceptors (Lipinski definition) is 4. The molecule has 0 spiro atoms. The van der Waals surface area contributed by atoms with Gasteiger partial charge in [0.1, 0.15) is 0 Å². The van der Waals surface area contributed by atoms with Crippen LogP contribution in [-0.4, -0.2) is 9.97 Å². The normalized spacial score (nSPS) is 12.8. The van der Waals surface area contributed by atoms with Gasteiger partial charge in [0, 0.05) is 87.0 Å². The van der Waals surface area contributed by atoms with Gasteiger partial charge in [-0.25, -0.2) is 0 Å². The molecule has 2 aromatic heterocycles. The maximum absolute atomic E-state index is 15.7. The van der Waals surface area contributed by atoms with E-state index < -0.39 is 28.7 Å². The molecule has 0 radical (unpaired) electrons. The zero-order chi connectivity index (χ0) is 40.4. The van der Waals surface area contributed by atoms with Crippen molar-refractivity contribution in [3.8, 4) is 22.5 Å². The molecule has 8 aromatic rings. The van der Waals surface area contributed by atoms with Gasteiger partial charge in [-0.15, -0.1) is 24.3 Å². The van der Waals surface area contributed by atoms with Gasteiger partial charge in [0.15, 0.2) is 0 Å². The van der Waals surface area contributed by atoms with Crippen molar-refractivity contribution in [2.24, 2.45) is 0 Å². The number of anilines is 6. The molecule has 2 aliphatic rings. The topological polar surface area (TPSA) is 32.3 Å². The molecular formula is C51H34F4N4Pt. The fourth-order valence-corrected chi connectivity index (χ4v) is 8.34. The first-order chi connectivity index (χ1) is 28.6.